The van der Waals surface area contributed by atoms with E-state index >= 15 is 0 Å². The molecule has 0 spiro atoms. The van der Waals surface area contributed by atoms with Gasteiger partial charge in [0.25, 0.3) is 0 Å². The van der Waals surface area contributed by atoms with Crippen LogP contribution in [0, 0.1) is 0 Å². The molecule has 6 nitrogen and oxygen atoms in total. The molecular formula is C19H20N2O4S. The number of hydrogen-bond donors (Lipinski definition) is 2. The van der Waals surface area contributed by atoms with Gasteiger partial charge in [-0.05, 0) is 24.6 Å². The number of nitrogens with one attached hydrogen (secondary N) is 2. The summed E-state index contributed by atoms with van der Waals surface area (Å²) in [5, 5.41) is 5.46. The number of carbonyl (C=O) groups is 2. The third-order valence-electron chi connectivity index (χ3n) is 3.98. The predicted octanol–water partition coefficient (Wildman–Crippen LogP) is 3.23. The van der Waals surface area contributed by atoms with Crippen LogP contribution in [0.1, 0.15) is 17.8 Å². The number of amides is 2. The molecule has 26 heavy (non-hydrogen) atoms. The summed E-state index contributed by atoms with van der Waals surface area (Å²) >= 11 is 1.54. The second kappa shape index (κ2) is 8.16. The van der Waals surface area contributed by atoms with Crippen LogP contribution in [0.15, 0.2) is 53.7 Å². The number of methoxy groups -OCH3 is 1. The number of urea groups is 1. The maximum Gasteiger partial charge on any atom is 0.338 e. The molecule has 3 rings (SSSR count). The Morgan fingerprint density at radius 2 is 1.92 bits per heavy atom. The maximum atomic E-state index is 12.5. The van der Waals surface area contributed by atoms with Crippen molar-refractivity contribution in [1.82, 2.24) is 10.6 Å². The molecule has 0 saturated carbocycles. The Balaban J connectivity index is 1.88. The summed E-state index contributed by atoms with van der Waals surface area (Å²) in [6.45, 7) is 2.18. The largest absolute Gasteiger partial charge is 0.460 e. The van der Waals surface area contributed by atoms with Crippen LogP contribution in [0.4, 0.5) is 4.79 Å². The highest BCUT2D eigenvalue weighted by Crippen LogP contribution is 2.36. The first-order chi connectivity index (χ1) is 12.6. The Labute approximate surface area is 155 Å². The van der Waals surface area contributed by atoms with Crippen LogP contribution in [0.5, 0.6) is 0 Å². The highest BCUT2D eigenvalue weighted by molar-refractivity contribution is 7.15. The summed E-state index contributed by atoms with van der Waals surface area (Å²) in [5.74, 6) is -0.466. The van der Waals surface area contributed by atoms with Crippen molar-refractivity contribution < 1.29 is 19.1 Å². The minimum Gasteiger partial charge on any atom is -0.460 e. The van der Waals surface area contributed by atoms with E-state index in [0.29, 0.717) is 17.9 Å². The van der Waals surface area contributed by atoms with Crippen LogP contribution in [0.3, 0.4) is 0 Å². The van der Waals surface area contributed by atoms with Crippen molar-refractivity contribution in [2.24, 2.45) is 0 Å². The number of rotatable bonds is 6. The molecule has 2 aromatic rings. The third-order valence-corrected chi connectivity index (χ3v) is 5.18. The number of hydrogen-bond acceptors (Lipinski definition) is 5. The highest BCUT2D eigenvalue weighted by atomic mass is 32.1. The normalized spacial score (nSPS) is 16.8. The molecule has 2 amide bonds. The molecule has 1 aromatic heterocycles. The number of thiophene rings is 1. The van der Waals surface area contributed by atoms with Gasteiger partial charge in [-0.2, -0.15) is 0 Å². The summed E-state index contributed by atoms with van der Waals surface area (Å²) in [6.07, 6.45) is 0. The molecule has 1 atom stereocenters. The summed E-state index contributed by atoms with van der Waals surface area (Å²) in [6, 6.07) is 13.0. The van der Waals surface area contributed by atoms with E-state index in [1.807, 2.05) is 42.5 Å². The quantitative estimate of drug-likeness (QED) is 0.603. The van der Waals surface area contributed by atoms with E-state index in [9.17, 15) is 9.59 Å². The van der Waals surface area contributed by atoms with Gasteiger partial charge in [0.1, 0.15) is 6.61 Å². The molecule has 0 aliphatic carbocycles. The SMILES string of the molecule is COCCOC(=O)C1=C(C)NC(=O)N[C@H]1c1ccc(-c2ccccc2)s1. The summed E-state index contributed by atoms with van der Waals surface area (Å²) < 4.78 is 10.2. The fourth-order valence-electron chi connectivity index (χ4n) is 2.74. The van der Waals surface area contributed by atoms with Crippen LogP contribution in [-0.2, 0) is 14.3 Å². The highest BCUT2D eigenvalue weighted by Gasteiger charge is 2.33. The molecule has 0 unspecified atom stereocenters. The fraction of sp³-hybridized carbons (Fsp3) is 0.263. The first-order valence-electron chi connectivity index (χ1n) is 8.19. The lowest BCUT2D eigenvalue weighted by molar-refractivity contribution is -0.140. The third kappa shape index (κ3) is 3.95. The van der Waals surface area contributed by atoms with E-state index in [1.54, 1.807) is 14.0 Å². The smallest absolute Gasteiger partial charge is 0.338 e. The lowest BCUT2D eigenvalue weighted by atomic mass is 10.0. The maximum absolute atomic E-state index is 12.5. The zero-order valence-electron chi connectivity index (χ0n) is 14.6. The molecule has 2 N–H and O–H groups in total. The summed E-state index contributed by atoms with van der Waals surface area (Å²) in [4.78, 5) is 26.4. The Hall–Kier alpha value is -2.64. The van der Waals surface area contributed by atoms with Crippen molar-refractivity contribution in [2.75, 3.05) is 20.3 Å². The van der Waals surface area contributed by atoms with E-state index < -0.39 is 12.0 Å². The number of ether oxygens (including phenoxy) is 2. The van der Waals surface area contributed by atoms with Gasteiger partial charge in [0.15, 0.2) is 0 Å². The van der Waals surface area contributed by atoms with E-state index in [0.717, 1.165) is 15.3 Å². The number of benzene rings is 1. The average molecular weight is 372 g/mol. The molecule has 1 aliphatic rings. The Bertz CT molecular complexity index is 829. The lowest BCUT2D eigenvalue weighted by Gasteiger charge is -2.27. The van der Waals surface area contributed by atoms with Gasteiger partial charge in [-0.15, -0.1) is 11.3 Å². The van der Waals surface area contributed by atoms with Gasteiger partial charge in [-0.25, -0.2) is 9.59 Å². The molecule has 0 radical (unpaired) electrons. The monoisotopic (exact) mass is 372 g/mol. The standard InChI is InChI=1S/C19H20N2O4S/c1-12-16(18(22)25-11-10-24-2)17(21-19(23)20-12)15-9-8-14(26-15)13-6-4-3-5-7-13/h3-9,17H,10-11H2,1-2H3,(H2,20,21,23)/t17-/m0/s1. The summed E-state index contributed by atoms with van der Waals surface area (Å²) in [7, 11) is 1.54. The number of esters is 1. The van der Waals surface area contributed by atoms with Gasteiger partial charge < -0.3 is 20.1 Å². The van der Waals surface area contributed by atoms with E-state index in [1.165, 1.54) is 11.3 Å². The van der Waals surface area contributed by atoms with Crippen molar-refractivity contribution >= 4 is 23.3 Å². The van der Waals surface area contributed by atoms with Crippen molar-refractivity contribution in [1.29, 1.82) is 0 Å². The molecule has 1 aromatic carbocycles. The van der Waals surface area contributed by atoms with E-state index in [2.05, 4.69) is 10.6 Å². The molecular weight excluding hydrogens is 352 g/mol. The Morgan fingerprint density at radius 3 is 2.65 bits per heavy atom. The van der Waals surface area contributed by atoms with Crippen LogP contribution in [0.2, 0.25) is 0 Å². The fourth-order valence-corrected chi connectivity index (χ4v) is 3.81. The molecule has 0 saturated heterocycles. The summed E-state index contributed by atoms with van der Waals surface area (Å²) in [5.41, 5.74) is 1.99. The molecule has 7 heteroatoms. The van der Waals surface area contributed by atoms with Gasteiger partial charge in [0, 0.05) is 22.6 Å². The lowest BCUT2D eigenvalue weighted by Crippen LogP contribution is -2.45. The Kier molecular flexibility index (Phi) is 5.70. The molecule has 0 bridgehead atoms. The van der Waals surface area contributed by atoms with Crippen molar-refractivity contribution in [2.45, 2.75) is 13.0 Å². The van der Waals surface area contributed by atoms with Crippen LogP contribution in [0.25, 0.3) is 10.4 Å². The average Bonchev–Trinajstić information content (AvgIpc) is 3.12. The van der Waals surface area contributed by atoms with Crippen LogP contribution in [-0.4, -0.2) is 32.3 Å². The number of carbonyl (C=O) groups excluding carboxylic acids is 2. The van der Waals surface area contributed by atoms with Crippen LogP contribution < -0.4 is 10.6 Å². The molecule has 2 heterocycles. The zero-order chi connectivity index (χ0) is 18.5. The van der Waals surface area contributed by atoms with Gasteiger partial charge in [-0.3, -0.25) is 0 Å². The number of allylic oxidation sites excluding steroid dienone is 1. The van der Waals surface area contributed by atoms with Gasteiger partial charge in [0.05, 0.1) is 18.2 Å². The second-order valence-electron chi connectivity index (χ2n) is 5.77. The van der Waals surface area contributed by atoms with Crippen molar-refractivity contribution in [3.63, 3.8) is 0 Å². The molecule has 136 valence electrons. The molecule has 1 aliphatic heterocycles. The Morgan fingerprint density at radius 1 is 1.15 bits per heavy atom. The zero-order valence-corrected chi connectivity index (χ0v) is 15.4. The molecule has 0 fully saturated rings. The first kappa shape index (κ1) is 18.2. The van der Waals surface area contributed by atoms with Gasteiger partial charge in [-0.1, -0.05) is 30.3 Å². The van der Waals surface area contributed by atoms with Gasteiger partial charge >= 0.3 is 12.0 Å². The van der Waals surface area contributed by atoms with Crippen LogP contribution >= 0.6 is 11.3 Å². The topological polar surface area (TPSA) is 76.7 Å². The minimum atomic E-state index is -0.541. The predicted molar refractivity (Wildman–Crippen MR) is 99.7 cm³/mol. The minimum absolute atomic E-state index is 0.159. The van der Waals surface area contributed by atoms with Gasteiger partial charge in [0.2, 0.25) is 0 Å². The second-order valence-corrected chi connectivity index (χ2v) is 6.88. The van der Waals surface area contributed by atoms with E-state index in [4.69, 9.17) is 9.47 Å². The van der Waals surface area contributed by atoms with E-state index in [-0.39, 0.29) is 12.6 Å². The van der Waals surface area contributed by atoms with Crippen molar-refractivity contribution in [3.05, 3.63) is 58.6 Å². The van der Waals surface area contributed by atoms with Crippen molar-refractivity contribution in [3.8, 4) is 10.4 Å². The first-order valence-corrected chi connectivity index (χ1v) is 9.01.